The van der Waals surface area contributed by atoms with E-state index in [1.54, 1.807) is 117 Å². The van der Waals surface area contributed by atoms with Crippen molar-refractivity contribution in [3.63, 3.8) is 0 Å². The van der Waals surface area contributed by atoms with Crippen LogP contribution in [0, 0.1) is 0 Å². The van der Waals surface area contributed by atoms with Crippen molar-refractivity contribution in [2.24, 2.45) is 0 Å². The highest BCUT2D eigenvalue weighted by Gasteiger charge is 2.18. The van der Waals surface area contributed by atoms with Gasteiger partial charge in [-0.15, -0.1) is 11.8 Å². The van der Waals surface area contributed by atoms with Gasteiger partial charge in [-0.2, -0.15) is 0 Å². The second-order valence-electron chi connectivity index (χ2n) is 9.01. The Morgan fingerprint density at radius 1 is 0.857 bits per heavy atom. The first-order valence-corrected chi connectivity index (χ1v) is 14.4. The van der Waals surface area contributed by atoms with Crippen molar-refractivity contribution >= 4 is 70.1 Å². The van der Waals surface area contributed by atoms with Crippen LogP contribution in [0.5, 0.6) is 5.75 Å². The second-order valence-corrected chi connectivity index (χ2v) is 11.3. The summed E-state index contributed by atoms with van der Waals surface area (Å²) >= 11 is 13.5. The Labute approximate surface area is 258 Å². The van der Waals surface area contributed by atoms with Crippen molar-refractivity contribution in [2.45, 2.75) is 17.1 Å². The molecule has 0 saturated heterocycles. The predicted molar refractivity (Wildman–Crippen MR) is 170 cm³/mol. The first-order valence-electron chi connectivity index (χ1n) is 12.8. The largest absolute Gasteiger partial charge is 0.497 e. The number of hydrogen-bond acceptors (Lipinski definition) is 5. The number of carbonyl (C=O) groups is 3. The molecule has 42 heavy (non-hydrogen) atoms. The molecule has 10 heteroatoms. The minimum Gasteiger partial charge on any atom is -0.497 e. The number of carbonyl (C=O) groups excluding carboxylic acids is 3. The van der Waals surface area contributed by atoms with Crippen LogP contribution < -0.4 is 20.7 Å². The van der Waals surface area contributed by atoms with Gasteiger partial charge in [0, 0.05) is 21.2 Å². The highest BCUT2D eigenvalue weighted by atomic mass is 35.5. The molecule has 0 radical (unpaired) electrons. The summed E-state index contributed by atoms with van der Waals surface area (Å²) < 4.78 is 5.28. The number of benzene rings is 4. The zero-order valence-electron chi connectivity index (χ0n) is 22.7. The van der Waals surface area contributed by atoms with Crippen LogP contribution in [0.1, 0.15) is 22.8 Å². The lowest BCUT2D eigenvalue weighted by molar-refractivity contribution is -0.115. The fraction of sp³-hybridized carbons (Fsp3) is 0.0938. The van der Waals surface area contributed by atoms with E-state index in [1.165, 1.54) is 11.8 Å². The molecule has 7 nitrogen and oxygen atoms in total. The van der Waals surface area contributed by atoms with Gasteiger partial charge in [-0.25, -0.2) is 0 Å². The van der Waals surface area contributed by atoms with Gasteiger partial charge in [-0.3, -0.25) is 14.4 Å². The van der Waals surface area contributed by atoms with Gasteiger partial charge in [0.25, 0.3) is 11.8 Å². The predicted octanol–water partition coefficient (Wildman–Crippen LogP) is 7.53. The summed E-state index contributed by atoms with van der Waals surface area (Å²) in [6.45, 7) is 1.78. The van der Waals surface area contributed by atoms with E-state index in [9.17, 15) is 14.4 Å². The Bertz CT molecular complexity index is 1610. The van der Waals surface area contributed by atoms with Gasteiger partial charge in [-0.05, 0) is 85.3 Å². The minimum atomic E-state index is -0.506. The van der Waals surface area contributed by atoms with Crippen LogP contribution in [0.3, 0.4) is 0 Å². The lowest BCUT2D eigenvalue weighted by atomic mass is 10.1. The van der Waals surface area contributed by atoms with Crippen molar-refractivity contribution < 1.29 is 19.1 Å². The van der Waals surface area contributed by atoms with Crippen molar-refractivity contribution in [1.82, 2.24) is 5.32 Å². The average Bonchev–Trinajstić information content (AvgIpc) is 3.00. The normalized spacial score (nSPS) is 11.8. The standard InChI is InChI=1S/C32H27Cl2N3O4S/c1-20(30(38)36-28-19-23(33)11-16-27(28)34)42-26-14-12-24(13-15-26)35-32(40)29(18-21-7-6-10-25(17-21)41-2)37-31(39)22-8-4-3-5-9-22/h3-20H,1-2H3,(H,35,40)(H,36,38)(H,37,39)/b29-18-. The number of hydrogen-bond donors (Lipinski definition) is 3. The Morgan fingerprint density at radius 2 is 1.60 bits per heavy atom. The van der Waals surface area contributed by atoms with Crippen molar-refractivity contribution in [3.8, 4) is 5.75 Å². The van der Waals surface area contributed by atoms with E-state index >= 15 is 0 Å². The van der Waals surface area contributed by atoms with Crippen LogP contribution in [-0.4, -0.2) is 30.1 Å². The molecular weight excluding hydrogens is 593 g/mol. The van der Waals surface area contributed by atoms with Crippen molar-refractivity contribution in [2.75, 3.05) is 17.7 Å². The first kappa shape index (κ1) is 30.7. The lowest BCUT2D eigenvalue weighted by Gasteiger charge is -2.14. The molecule has 0 aliphatic heterocycles. The maximum Gasteiger partial charge on any atom is 0.272 e. The third-order valence-corrected chi connectivity index (χ3v) is 7.59. The second kappa shape index (κ2) is 14.6. The zero-order valence-corrected chi connectivity index (χ0v) is 25.0. The summed E-state index contributed by atoms with van der Waals surface area (Å²) in [6.07, 6.45) is 1.58. The van der Waals surface area contributed by atoms with Gasteiger partial charge < -0.3 is 20.7 Å². The van der Waals surface area contributed by atoms with Crippen LogP contribution in [0.4, 0.5) is 11.4 Å². The van der Waals surface area contributed by atoms with Gasteiger partial charge in [0.15, 0.2) is 0 Å². The van der Waals surface area contributed by atoms with E-state index in [1.807, 2.05) is 0 Å². The highest BCUT2D eigenvalue weighted by molar-refractivity contribution is 8.00. The van der Waals surface area contributed by atoms with Crippen LogP contribution in [0.15, 0.2) is 108 Å². The van der Waals surface area contributed by atoms with E-state index in [-0.39, 0.29) is 11.6 Å². The summed E-state index contributed by atoms with van der Waals surface area (Å²) in [5.74, 6) is -0.542. The Morgan fingerprint density at radius 3 is 2.31 bits per heavy atom. The Kier molecular flexibility index (Phi) is 10.7. The van der Waals surface area contributed by atoms with Gasteiger partial charge >= 0.3 is 0 Å². The maximum atomic E-state index is 13.3. The van der Waals surface area contributed by atoms with E-state index in [4.69, 9.17) is 27.9 Å². The van der Waals surface area contributed by atoms with Crippen molar-refractivity contribution in [1.29, 1.82) is 0 Å². The average molecular weight is 621 g/mol. The number of rotatable bonds is 10. The first-order chi connectivity index (χ1) is 20.2. The zero-order chi connectivity index (χ0) is 30.1. The SMILES string of the molecule is COc1cccc(/C=C(\NC(=O)c2ccccc2)C(=O)Nc2ccc(SC(C)C(=O)Nc3cc(Cl)ccc3Cl)cc2)c1. The molecule has 1 atom stereocenters. The maximum absolute atomic E-state index is 13.3. The number of thioether (sulfide) groups is 1. The molecule has 0 heterocycles. The summed E-state index contributed by atoms with van der Waals surface area (Å²) in [6, 6.07) is 27.7. The quantitative estimate of drug-likeness (QED) is 0.126. The third-order valence-electron chi connectivity index (χ3n) is 5.91. The number of nitrogens with one attached hydrogen (secondary N) is 3. The molecule has 4 aromatic rings. The monoisotopic (exact) mass is 619 g/mol. The van der Waals surface area contributed by atoms with E-state index in [0.29, 0.717) is 38.3 Å². The van der Waals surface area contributed by atoms with E-state index in [2.05, 4.69) is 16.0 Å². The molecule has 0 aromatic heterocycles. The molecule has 0 saturated carbocycles. The van der Waals surface area contributed by atoms with Crippen LogP contribution in [0.25, 0.3) is 6.08 Å². The Balaban J connectivity index is 1.45. The van der Waals surface area contributed by atoms with E-state index < -0.39 is 17.1 Å². The highest BCUT2D eigenvalue weighted by Crippen LogP contribution is 2.29. The smallest absolute Gasteiger partial charge is 0.272 e. The molecule has 4 rings (SSSR count). The number of amides is 3. The third kappa shape index (κ3) is 8.63. The molecule has 0 aliphatic rings. The van der Waals surface area contributed by atoms with E-state index in [0.717, 1.165) is 4.90 Å². The molecule has 214 valence electrons. The summed E-state index contributed by atoms with van der Waals surface area (Å²) in [7, 11) is 1.55. The topological polar surface area (TPSA) is 96.5 Å². The summed E-state index contributed by atoms with van der Waals surface area (Å²) in [5.41, 5.74) is 2.10. The van der Waals surface area contributed by atoms with Gasteiger partial charge in [0.1, 0.15) is 11.4 Å². The van der Waals surface area contributed by atoms with Crippen molar-refractivity contribution in [3.05, 3.63) is 124 Å². The van der Waals surface area contributed by atoms with Gasteiger partial charge in [0.2, 0.25) is 5.91 Å². The number of anilines is 2. The molecular formula is C32H27Cl2N3O4S. The van der Waals surface area contributed by atoms with Crippen LogP contribution in [-0.2, 0) is 9.59 Å². The molecule has 0 bridgehead atoms. The molecule has 1 unspecified atom stereocenters. The number of methoxy groups -OCH3 is 1. The molecule has 0 spiro atoms. The molecule has 4 aromatic carbocycles. The van der Waals surface area contributed by atoms with Gasteiger partial charge in [0.05, 0.1) is 23.1 Å². The lowest BCUT2D eigenvalue weighted by Crippen LogP contribution is -2.30. The molecule has 3 amide bonds. The summed E-state index contributed by atoms with van der Waals surface area (Å²) in [5, 5.41) is 8.76. The molecule has 0 aliphatic carbocycles. The summed E-state index contributed by atoms with van der Waals surface area (Å²) in [4.78, 5) is 39.7. The van der Waals surface area contributed by atoms with Crippen LogP contribution in [0.2, 0.25) is 10.0 Å². The Hall–Kier alpha value is -4.24. The molecule has 3 N–H and O–H groups in total. The fourth-order valence-electron chi connectivity index (χ4n) is 3.74. The molecule has 0 fully saturated rings. The number of halogens is 2. The van der Waals surface area contributed by atoms with Crippen LogP contribution >= 0.6 is 35.0 Å². The fourth-order valence-corrected chi connectivity index (χ4v) is 4.95. The number of ether oxygens (including phenoxy) is 1. The minimum absolute atomic E-state index is 0.0560. The van der Waals surface area contributed by atoms with Gasteiger partial charge in [-0.1, -0.05) is 53.5 Å².